The van der Waals surface area contributed by atoms with Crippen molar-refractivity contribution in [3.8, 4) is 0 Å². The van der Waals surface area contributed by atoms with Gasteiger partial charge in [-0.2, -0.15) is 0 Å². The zero-order chi connectivity index (χ0) is 13.9. The van der Waals surface area contributed by atoms with Crippen LogP contribution < -0.4 is 4.72 Å². The van der Waals surface area contributed by atoms with Gasteiger partial charge >= 0.3 is 0 Å². The first-order chi connectivity index (χ1) is 9.03. The lowest BCUT2D eigenvalue weighted by Gasteiger charge is -2.22. The lowest BCUT2D eigenvalue weighted by atomic mass is 10.2. The van der Waals surface area contributed by atoms with Crippen molar-refractivity contribution in [2.24, 2.45) is 0 Å². The molecule has 19 heavy (non-hydrogen) atoms. The third-order valence-corrected chi connectivity index (χ3v) is 5.70. The first-order valence-corrected chi connectivity index (χ1v) is 9.08. The fourth-order valence-electron chi connectivity index (χ4n) is 2.45. The molecule has 0 aromatic heterocycles. The standard InChI is InChI=1S/C13H19IN2O2S/c1-2-16-9-3-4-12(16)10-15-19(17,18)13-7-5-11(14)6-8-13/h5-8,12,15H,2-4,9-10H2,1H3/t12-/m0/s1. The summed E-state index contributed by atoms with van der Waals surface area (Å²) in [5, 5.41) is 0. The second-order valence-corrected chi connectivity index (χ2v) is 7.74. The summed E-state index contributed by atoms with van der Waals surface area (Å²) in [4.78, 5) is 2.67. The normalized spacial score (nSPS) is 20.8. The Hall–Kier alpha value is -0.180. The van der Waals surface area contributed by atoms with Gasteiger partial charge in [0.05, 0.1) is 4.90 Å². The maximum absolute atomic E-state index is 12.2. The molecule has 0 saturated carbocycles. The number of likely N-dealkylation sites (tertiary alicyclic amines) is 1. The molecule has 1 fully saturated rings. The molecule has 0 radical (unpaired) electrons. The number of hydrogen-bond acceptors (Lipinski definition) is 3. The molecule has 2 rings (SSSR count). The van der Waals surface area contributed by atoms with Crippen molar-refractivity contribution in [1.29, 1.82) is 0 Å². The number of likely N-dealkylation sites (N-methyl/N-ethyl adjacent to an activating group) is 1. The molecule has 1 aromatic rings. The van der Waals surface area contributed by atoms with Crippen LogP contribution in [-0.4, -0.2) is 39.0 Å². The van der Waals surface area contributed by atoms with Gasteiger partial charge in [0.15, 0.2) is 0 Å². The number of hydrogen-bond donors (Lipinski definition) is 1. The monoisotopic (exact) mass is 394 g/mol. The highest BCUT2D eigenvalue weighted by Crippen LogP contribution is 2.17. The number of benzene rings is 1. The van der Waals surface area contributed by atoms with Crippen LogP contribution in [0.1, 0.15) is 19.8 Å². The zero-order valence-corrected chi connectivity index (χ0v) is 13.9. The second-order valence-electron chi connectivity index (χ2n) is 4.73. The first kappa shape index (κ1) is 15.2. The van der Waals surface area contributed by atoms with Gasteiger partial charge in [0.1, 0.15) is 0 Å². The smallest absolute Gasteiger partial charge is 0.240 e. The van der Waals surface area contributed by atoms with E-state index < -0.39 is 10.0 Å². The van der Waals surface area contributed by atoms with E-state index in [1.54, 1.807) is 12.1 Å². The molecular weight excluding hydrogens is 375 g/mol. The van der Waals surface area contributed by atoms with Gasteiger partial charge in [-0.3, -0.25) is 4.90 Å². The minimum absolute atomic E-state index is 0.337. The van der Waals surface area contributed by atoms with Crippen molar-refractivity contribution in [2.45, 2.75) is 30.7 Å². The number of rotatable bonds is 5. The van der Waals surface area contributed by atoms with Gasteiger partial charge < -0.3 is 0 Å². The molecular formula is C13H19IN2O2S. The molecule has 1 aliphatic heterocycles. The average Bonchev–Trinajstić information content (AvgIpc) is 2.84. The number of nitrogens with one attached hydrogen (secondary N) is 1. The minimum atomic E-state index is -3.38. The van der Waals surface area contributed by atoms with Crippen LogP contribution in [-0.2, 0) is 10.0 Å². The Balaban J connectivity index is 2.00. The topological polar surface area (TPSA) is 49.4 Å². The van der Waals surface area contributed by atoms with E-state index in [1.807, 2.05) is 12.1 Å². The van der Waals surface area contributed by atoms with Gasteiger partial charge in [-0.05, 0) is 72.8 Å². The highest BCUT2D eigenvalue weighted by atomic mass is 127. The number of nitrogens with zero attached hydrogens (tertiary/aromatic N) is 1. The lowest BCUT2D eigenvalue weighted by molar-refractivity contribution is 0.268. The summed E-state index contributed by atoms with van der Waals surface area (Å²) in [6.07, 6.45) is 2.23. The van der Waals surface area contributed by atoms with Crippen LogP contribution in [0.25, 0.3) is 0 Å². The maximum Gasteiger partial charge on any atom is 0.240 e. The second kappa shape index (κ2) is 6.51. The Kier molecular flexibility index (Phi) is 5.22. The molecule has 1 aliphatic rings. The van der Waals surface area contributed by atoms with Crippen LogP contribution in [0.3, 0.4) is 0 Å². The molecule has 1 atom stereocenters. The molecule has 106 valence electrons. The molecule has 1 aromatic carbocycles. The van der Waals surface area contributed by atoms with E-state index in [9.17, 15) is 8.42 Å². The van der Waals surface area contributed by atoms with Crippen LogP contribution in [0.15, 0.2) is 29.2 Å². The Morgan fingerprint density at radius 2 is 2.05 bits per heavy atom. The summed E-state index contributed by atoms with van der Waals surface area (Å²) < 4.78 is 28.1. The van der Waals surface area contributed by atoms with Crippen molar-refractivity contribution >= 4 is 32.6 Å². The van der Waals surface area contributed by atoms with Gasteiger partial charge in [-0.1, -0.05) is 6.92 Å². The first-order valence-electron chi connectivity index (χ1n) is 6.52. The van der Waals surface area contributed by atoms with E-state index in [4.69, 9.17) is 0 Å². The van der Waals surface area contributed by atoms with E-state index in [2.05, 4.69) is 39.1 Å². The predicted octanol–water partition coefficient (Wildman–Crippen LogP) is 2.05. The summed E-state index contributed by atoms with van der Waals surface area (Å²) in [6.45, 7) is 4.68. The Bertz CT molecular complexity index is 516. The van der Waals surface area contributed by atoms with Crippen LogP contribution in [0.2, 0.25) is 0 Å². The summed E-state index contributed by atoms with van der Waals surface area (Å²) in [7, 11) is -3.38. The molecule has 1 saturated heterocycles. The van der Waals surface area contributed by atoms with Crippen LogP contribution in [0.4, 0.5) is 0 Å². The lowest BCUT2D eigenvalue weighted by Crippen LogP contribution is -2.39. The Labute approximate surface area is 128 Å². The van der Waals surface area contributed by atoms with Gasteiger partial charge in [-0.15, -0.1) is 0 Å². The average molecular weight is 394 g/mol. The van der Waals surface area contributed by atoms with Crippen LogP contribution in [0, 0.1) is 3.57 Å². The molecule has 0 spiro atoms. The van der Waals surface area contributed by atoms with E-state index >= 15 is 0 Å². The van der Waals surface area contributed by atoms with E-state index in [1.165, 1.54) is 0 Å². The minimum Gasteiger partial charge on any atom is -0.299 e. The van der Waals surface area contributed by atoms with Gasteiger partial charge in [0.2, 0.25) is 10.0 Å². The number of halogens is 1. The van der Waals surface area contributed by atoms with Crippen molar-refractivity contribution in [2.75, 3.05) is 19.6 Å². The molecule has 4 nitrogen and oxygen atoms in total. The summed E-state index contributed by atoms with van der Waals surface area (Å²) in [5.74, 6) is 0. The third kappa shape index (κ3) is 3.90. The highest BCUT2D eigenvalue weighted by Gasteiger charge is 2.24. The molecule has 0 aliphatic carbocycles. The van der Waals surface area contributed by atoms with E-state index in [0.717, 1.165) is 29.5 Å². The highest BCUT2D eigenvalue weighted by molar-refractivity contribution is 14.1. The van der Waals surface area contributed by atoms with E-state index in [0.29, 0.717) is 17.5 Å². The van der Waals surface area contributed by atoms with E-state index in [-0.39, 0.29) is 0 Å². The predicted molar refractivity (Wildman–Crippen MR) is 84.6 cm³/mol. The Morgan fingerprint density at radius 1 is 1.37 bits per heavy atom. The fraction of sp³-hybridized carbons (Fsp3) is 0.538. The van der Waals surface area contributed by atoms with Crippen LogP contribution in [0.5, 0.6) is 0 Å². The summed E-state index contributed by atoms with van der Waals surface area (Å²) >= 11 is 2.16. The molecule has 6 heteroatoms. The summed E-state index contributed by atoms with van der Waals surface area (Å²) in [6, 6.07) is 7.25. The summed E-state index contributed by atoms with van der Waals surface area (Å²) in [5.41, 5.74) is 0. The van der Waals surface area contributed by atoms with Crippen molar-refractivity contribution < 1.29 is 8.42 Å². The van der Waals surface area contributed by atoms with Gasteiger partial charge in [-0.25, -0.2) is 13.1 Å². The van der Waals surface area contributed by atoms with Gasteiger partial charge in [0, 0.05) is 16.2 Å². The maximum atomic E-state index is 12.2. The van der Waals surface area contributed by atoms with Crippen LogP contribution >= 0.6 is 22.6 Å². The largest absolute Gasteiger partial charge is 0.299 e. The molecule has 0 unspecified atom stereocenters. The fourth-order valence-corrected chi connectivity index (χ4v) is 3.88. The molecule has 1 heterocycles. The molecule has 1 N–H and O–H groups in total. The SMILES string of the molecule is CCN1CCC[C@H]1CNS(=O)(=O)c1ccc(I)cc1. The van der Waals surface area contributed by atoms with Crippen molar-refractivity contribution in [3.63, 3.8) is 0 Å². The Morgan fingerprint density at radius 3 is 2.68 bits per heavy atom. The van der Waals surface area contributed by atoms with Crippen molar-refractivity contribution in [1.82, 2.24) is 9.62 Å². The third-order valence-electron chi connectivity index (χ3n) is 3.54. The zero-order valence-electron chi connectivity index (χ0n) is 11.0. The number of sulfonamides is 1. The molecule has 0 bridgehead atoms. The van der Waals surface area contributed by atoms with Crippen molar-refractivity contribution in [3.05, 3.63) is 27.8 Å². The molecule has 0 amide bonds. The quantitative estimate of drug-likeness (QED) is 0.778. The van der Waals surface area contributed by atoms with Gasteiger partial charge in [0.25, 0.3) is 0 Å².